The van der Waals surface area contributed by atoms with Crippen molar-refractivity contribution in [2.24, 2.45) is 0 Å². The minimum Gasteiger partial charge on any atom is -0.459 e. The van der Waals surface area contributed by atoms with E-state index in [1.807, 2.05) is 5.38 Å². The molecule has 1 aromatic carbocycles. The molecule has 0 bridgehead atoms. The number of aromatic nitrogens is 1. The Bertz CT molecular complexity index is 953. The van der Waals surface area contributed by atoms with Crippen LogP contribution in [0.3, 0.4) is 0 Å². The minimum absolute atomic E-state index is 0.0863. The predicted molar refractivity (Wildman–Crippen MR) is 106 cm³/mol. The zero-order valence-corrected chi connectivity index (χ0v) is 16.5. The number of nitrogens with zero attached hydrogens (tertiary/aromatic N) is 2. The summed E-state index contributed by atoms with van der Waals surface area (Å²) in [7, 11) is 1.55. The lowest BCUT2D eigenvalue weighted by Gasteiger charge is -2.14. The molecule has 7 heteroatoms. The molecule has 1 N–H and O–H groups in total. The molecule has 0 spiro atoms. The van der Waals surface area contributed by atoms with Crippen LogP contribution >= 0.6 is 11.3 Å². The highest BCUT2D eigenvalue weighted by atomic mass is 32.1. The number of anilines is 1. The summed E-state index contributed by atoms with van der Waals surface area (Å²) in [5.41, 5.74) is 5.44. The monoisotopic (exact) mass is 383 g/mol. The van der Waals surface area contributed by atoms with E-state index in [0.29, 0.717) is 5.13 Å². The first kappa shape index (κ1) is 18.8. The Hall–Kier alpha value is -2.93. The number of aryl methyl sites for hydroxylation is 3. The Kier molecular flexibility index (Phi) is 5.41. The lowest BCUT2D eigenvalue weighted by atomic mass is 9.98. The summed E-state index contributed by atoms with van der Waals surface area (Å²) < 4.78 is 5.07. The van der Waals surface area contributed by atoms with Gasteiger partial charge in [0.25, 0.3) is 5.91 Å². The van der Waals surface area contributed by atoms with E-state index in [1.54, 1.807) is 19.2 Å². The second-order valence-corrected chi connectivity index (χ2v) is 7.36. The predicted octanol–water partition coefficient (Wildman–Crippen LogP) is 4.04. The Balaban J connectivity index is 1.67. The number of carbonyl (C=O) groups is 2. The van der Waals surface area contributed by atoms with Gasteiger partial charge in [-0.3, -0.25) is 9.59 Å². The van der Waals surface area contributed by atoms with Crippen molar-refractivity contribution in [2.75, 3.05) is 18.9 Å². The molecule has 0 aliphatic heterocycles. The van der Waals surface area contributed by atoms with Crippen LogP contribution < -0.4 is 5.32 Å². The SMILES string of the molecule is Cc1cc(C)c(-c2csc(NC(=O)CN(C)C(=O)c3ccco3)n2)c(C)c1. The molecule has 0 aliphatic carbocycles. The quantitative estimate of drug-likeness (QED) is 0.721. The number of carbonyl (C=O) groups excluding carboxylic acids is 2. The third kappa shape index (κ3) is 4.25. The third-order valence-electron chi connectivity index (χ3n) is 4.14. The number of hydrogen-bond acceptors (Lipinski definition) is 5. The molecule has 140 valence electrons. The van der Waals surface area contributed by atoms with Crippen molar-refractivity contribution in [1.29, 1.82) is 0 Å². The van der Waals surface area contributed by atoms with Crippen molar-refractivity contribution in [3.63, 3.8) is 0 Å². The summed E-state index contributed by atoms with van der Waals surface area (Å²) in [5, 5.41) is 5.19. The van der Waals surface area contributed by atoms with E-state index >= 15 is 0 Å². The lowest BCUT2D eigenvalue weighted by Crippen LogP contribution is -2.34. The molecule has 2 aromatic heterocycles. The van der Waals surface area contributed by atoms with E-state index in [-0.39, 0.29) is 24.1 Å². The molecule has 6 nitrogen and oxygen atoms in total. The van der Waals surface area contributed by atoms with Gasteiger partial charge in [0.1, 0.15) is 6.54 Å². The van der Waals surface area contributed by atoms with Crippen LogP contribution in [0, 0.1) is 20.8 Å². The second-order valence-electron chi connectivity index (χ2n) is 6.50. The molecule has 3 rings (SSSR count). The summed E-state index contributed by atoms with van der Waals surface area (Å²) in [6.07, 6.45) is 1.42. The molecular formula is C20H21N3O3S. The van der Waals surface area contributed by atoms with Crippen molar-refractivity contribution in [2.45, 2.75) is 20.8 Å². The number of furan rings is 1. The standard InChI is InChI=1S/C20H21N3O3S/c1-12-8-13(2)18(14(3)9-12)15-11-27-20(21-15)22-17(24)10-23(4)19(25)16-6-5-7-26-16/h5-9,11H,10H2,1-4H3,(H,21,22,24). The van der Waals surface area contributed by atoms with Crippen LogP contribution in [-0.4, -0.2) is 35.3 Å². The van der Waals surface area contributed by atoms with Crippen LogP contribution in [0.25, 0.3) is 11.3 Å². The highest BCUT2D eigenvalue weighted by molar-refractivity contribution is 7.14. The fourth-order valence-electron chi connectivity index (χ4n) is 3.06. The molecule has 0 saturated heterocycles. The van der Waals surface area contributed by atoms with E-state index in [2.05, 4.69) is 43.2 Å². The maximum Gasteiger partial charge on any atom is 0.289 e. The lowest BCUT2D eigenvalue weighted by molar-refractivity contribution is -0.116. The first-order chi connectivity index (χ1) is 12.8. The van der Waals surface area contributed by atoms with Crippen LogP contribution in [0.5, 0.6) is 0 Å². The van der Waals surface area contributed by atoms with Gasteiger partial charge in [0.2, 0.25) is 5.91 Å². The fraction of sp³-hybridized carbons (Fsp3) is 0.250. The van der Waals surface area contributed by atoms with E-state index in [1.165, 1.54) is 28.1 Å². The zero-order valence-electron chi connectivity index (χ0n) is 15.7. The number of amides is 2. The average Bonchev–Trinajstić information content (AvgIpc) is 3.25. The molecule has 0 fully saturated rings. The van der Waals surface area contributed by atoms with Crippen LogP contribution in [0.15, 0.2) is 40.3 Å². The topological polar surface area (TPSA) is 75.4 Å². The Morgan fingerprint density at radius 1 is 1.22 bits per heavy atom. The molecule has 0 unspecified atom stereocenters. The van der Waals surface area contributed by atoms with Gasteiger partial charge in [0, 0.05) is 18.0 Å². The van der Waals surface area contributed by atoms with Crippen LogP contribution in [-0.2, 0) is 4.79 Å². The smallest absolute Gasteiger partial charge is 0.289 e. The van der Waals surface area contributed by atoms with E-state index in [4.69, 9.17) is 4.42 Å². The van der Waals surface area contributed by atoms with Crippen molar-refractivity contribution in [3.8, 4) is 11.3 Å². The summed E-state index contributed by atoms with van der Waals surface area (Å²) in [6.45, 7) is 6.10. The number of likely N-dealkylation sites (N-methyl/N-ethyl adjacent to an activating group) is 1. The molecule has 2 amide bonds. The van der Waals surface area contributed by atoms with E-state index < -0.39 is 0 Å². The van der Waals surface area contributed by atoms with Gasteiger partial charge < -0.3 is 14.6 Å². The maximum absolute atomic E-state index is 12.3. The Morgan fingerprint density at radius 2 is 1.93 bits per heavy atom. The molecule has 0 radical (unpaired) electrons. The summed E-state index contributed by atoms with van der Waals surface area (Å²) in [6, 6.07) is 7.44. The number of benzene rings is 1. The van der Waals surface area contributed by atoms with Gasteiger partial charge in [0.15, 0.2) is 10.9 Å². The first-order valence-corrected chi connectivity index (χ1v) is 9.35. The van der Waals surface area contributed by atoms with Gasteiger partial charge in [-0.2, -0.15) is 0 Å². The molecule has 27 heavy (non-hydrogen) atoms. The fourth-order valence-corrected chi connectivity index (χ4v) is 3.78. The van der Waals surface area contributed by atoms with Gasteiger partial charge in [-0.1, -0.05) is 17.7 Å². The number of nitrogens with one attached hydrogen (secondary N) is 1. The maximum atomic E-state index is 12.3. The Labute approximate surface area is 161 Å². The van der Waals surface area contributed by atoms with Crippen molar-refractivity contribution < 1.29 is 14.0 Å². The number of thiazole rings is 1. The summed E-state index contributed by atoms with van der Waals surface area (Å²) in [4.78, 5) is 30.2. The van der Waals surface area contributed by atoms with Gasteiger partial charge in [0.05, 0.1) is 12.0 Å². The first-order valence-electron chi connectivity index (χ1n) is 8.47. The van der Waals surface area contributed by atoms with Gasteiger partial charge >= 0.3 is 0 Å². The third-order valence-corrected chi connectivity index (χ3v) is 4.90. The van der Waals surface area contributed by atoms with Crippen molar-refractivity contribution >= 4 is 28.3 Å². The molecular weight excluding hydrogens is 362 g/mol. The van der Waals surface area contributed by atoms with Gasteiger partial charge in [-0.25, -0.2) is 4.98 Å². The highest BCUT2D eigenvalue weighted by Gasteiger charge is 2.18. The second kappa shape index (κ2) is 7.75. The summed E-state index contributed by atoms with van der Waals surface area (Å²) in [5.74, 6) is -0.455. The van der Waals surface area contributed by atoms with Crippen LogP contribution in [0.4, 0.5) is 5.13 Å². The van der Waals surface area contributed by atoms with E-state index in [9.17, 15) is 9.59 Å². The largest absolute Gasteiger partial charge is 0.459 e. The molecule has 3 aromatic rings. The van der Waals surface area contributed by atoms with Crippen LogP contribution in [0.2, 0.25) is 0 Å². The van der Waals surface area contributed by atoms with Crippen LogP contribution in [0.1, 0.15) is 27.2 Å². The van der Waals surface area contributed by atoms with Gasteiger partial charge in [-0.15, -0.1) is 11.3 Å². The zero-order chi connectivity index (χ0) is 19.6. The Morgan fingerprint density at radius 3 is 2.56 bits per heavy atom. The van der Waals surface area contributed by atoms with Crippen molar-refractivity contribution in [3.05, 3.63) is 58.4 Å². The van der Waals surface area contributed by atoms with E-state index in [0.717, 1.165) is 22.4 Å². The normalized spacial score (nSPS) is 10.7. The number of hydrogen-bond donors (Lipinski definition) is 1. The minimum atomic E-state index is -0.346. The van der Waals surface area contributed by atoms with Gasteiger partial charge in [-0.05, 0) is 44.0 Å². The molecule has 0 aliphatic rings. The average molecular weight is 383 g/mol. The van der Waals surface area contributed by atoms with Crippen molar-refractivity contribution in [1.82, 2.24) is 9.88 Å². The summed E-state index contributed by atoms with van der Waals surface area (Å²) >= 11 is 1.36. The molecule has 0 saturated carbocycles. The number of rotatable bonds is 5. The highest BCUT2D eigenvalue weighted by Crippen LogP contribution is 2.31. The molecule has 0 atom stereocenters. The molecule has 2 heterocycles.